The second-order valence-electron chi connectivity index (χ2n) is 10.9. The summed E-state index contributed by atoms with van der Waals surface area (Å²) in [5, 5.41) is 3.92. The monoisotopic (exact) mass is 637 g/mol. The smallest absolute Gasteiger partial charge is 0.264 e. The van der Waals surface area contributed by atoms with Gasteiger partial charge in [-0.3, -0.25) is 13.9 Å². The van der Waals surface area contributed by atoms with Gasteiger partial charge in [-0.15, -0.1) is 0 Å². The quantitative estimate of drug-likeness (QED) is 0.280. The fourth-order valence-corrected chi connectivity index (χ4v) is 5.89. The molecule has 0 heterocycles. The maximum Gasteiger partial charge on any atom is 0.264 e. The van der Waals surface area contributed by atoms with Crippen LogP contribution in [0.2, 0.25) is 15.1 Å². The molecule has 0 fully saturated rings. The number of aryl methyl sites for hydroxylation is 2. The van der Waals surface area contributed by atoms with E-state index in [1.54, 1.807) is 43.3 Å². The second kappa shape index (κ2) is 13.0. The first-order chi connectivity index (χ1) is 19.0. The molecule has 0 bridgehead atoms. The molecule has 3 aromatic carbocycles. The van der Waals surface area contributed by atoms with E-state index in [0.29, 0.717) is 26.3 Å². The lowest BCUT2D eigenvalue weighted by Crippen LogP contribution is -2.54. The fraction of sp³-hybridized carbons (Fsp3) is 0.333. The Hall–Kier alpha value is -2.78. The summed E-state index contributed by atoms with van der Waals surface area (Å²) < 4.78 is 28.9. The third-order valence-electron chi connectivity index (χ3n) is 6.46. The van der Waals surface area contributed by atoms with Gasteiger partial charge < -0.3 is 10.2 Å². The third kappa shape index (κ3) is 8.38. The molecule has 0 aromatic heterocycles. The van der Waals surface area contributed by atoms with Gasteiger partial charge in [0.15, 0.2) is 0 Å². The average Bonchev–Trinajstić information content (AvgIpc) is 2.88. The lowest BCUT2D eigenvalue weighted by Gasteiger charge is -2.33. The van der Waals surface area contributed by atoms with Gasteiger partial charge in [-0.05, 0) is 107 Å². The Bertz CT molecular complexity index is 1540. The highest BCUT2D eigenvalue weighted by Gasteiger charge is 2.33. The van der Waals surface area contributed by atoms with Gasteiger partial charge in [0, 0.05) is 17.1 Å². The van der Waals surface area contributed by atoms with Crippen molar-refractivity contribution in [2.75, 3.05) is 10.8 Å². The zero-order valence-corrected chi connectivity index (χ0v) is 26.9. The Balaban J connectivity index is 2.08. The Kier molecular flexibility index (Phi) is 10.4. The van der Waals surface area contributed by atoms with E-state index in [1.807, 2.05) is 34.6 Å². The summed E-state index contributed by atoms with van der Waals surface area (Å²) in [6, 6.07) is 14.9. The highest BCUT2D eigenvalue weighted by atomic mass is 35.5. The molecule has 1 unspecified atom stereocenters. The lowest BCUT2D eigenvalue weighted by atomic mass is 10.1. The van der Waals surface area contributed by atoms with Gasteiger partial charge in [-0.25, -0.2) is 8.42 Å². The Morgan fingerprint density at radius 3 is 2.07 bits per heavy atom. The fourth-order valence-electron chi connectivity index (χ4n) is 4.03. The molecule has 0 saturated carbocycles. The van der Waals surface area contributed by atoms with E-state index in [2.05, 4.69) is 5.32 Å². The minimum atomic E-state index is -4.20. The predicted molar refractivity (Wildman–Crippen MR) is 166 cm³/mol. The zero-order chi connectivity index (χ0) is 30.7. The number of nitrogens with zero attached hydrogens (tertiary/aromatic N) is 2. The summed E-state index contributed by atoms with van der Waals surface area (Å²) in [4.78, 5) is 28.6. The van der Waals surface area contributed by atoms with Crippen molar-refractivity contribution >= 4 is 62.3 Å². The molecule has 0 aliphatic rings. The molecule has 0 aliphatic heterocycles. The van der Waals surface area contributed by atoms with Gasteiger partial charge in [0.05, 0.1) is 20.6 Å². The third-order valence-corrected chi connectivity index (χ3v) is 9.24. The van der Waals surface area contributed by atoms with Crippen molar-refractivity contribution < 1.29 is 18.0 Å². The number of rotatable bonds is 9. The van der Waals surface area contributed by atoms with E-state index in [4.69, 9.17) is 34.8 Å². The number of sulfonamides is 1. The molecule has 7 nitrogen and oxygen atoms in total. The van der Waals surface area contributed by atoms with Crippen LogP contribution < -0.4 is 9.62 Å². The van der Waals surface area contributed by atoms with Crippen molar-refractivity contribution in [2.24, 2.45) is 0 Å². The van der Waals surface area contributed by atoms with Crippen molar-refractivity contribution in [3.05, 3.63) is 92.4 Å². The van der Waals surface area contributed by atoms with Crippen molar-refractivity contribution in [1.82, 2.24) is 10.2 Å². The molecular weight excluding hydrogens is 605 g/mol. The normalized spacial score (nSPS) is 12.5. The molecule has 0 saturated heterocycles. The van der Waals surface area contributed by atoms with Crippen molar-refractivity contribution in [2.45, 2.75) is 64.6 Å². The minimum absolute atomic E-state index is 0.00376. The van der Waals surface area contributed by atoms with Gasteiger partial charge in [0.1, 0.15) is 12.6 Å². The SMILES string of the molecule is Cc1ccc(N(CC(=O)N(Cc2ccc(Cl)c(Cl)c2)C(C)C(=O)NC(C)(C)C)S(=O)(=O)c2ccc(Cl)cc2)cc1C. The lowest BCUT2D eigenvalue weighted by molar-refractivity contribution is -0.140. The number of benzene rings is 3. The molecule has 3 rings (SSSR count). The van der Waals surface area contributed by atoms with Crippen LogP contribution in [0.1, 0.15) is 44.4 Å². The van der Waals surface area contributed by atoms with Gasteiger partial charge in [-0.1, -0.05) is 46.9 Å². The Morgan fingerprint density at radius 2 is 1.51 bits per heavy atom. The molecule has 3 aromatic rings. The second-order valence-corrected chi connectivity index (χ2v) is 14.0. The van der Waals surface area contributed by atoms with Crippen molar-refractivity contribution in [3.8, 4) is 0 Å². The number of carbonyl (C=O) groups is 2. The van der Waals surface area contributed by atoms with Crippen LogP contribution in [0, 0.1) is 13.8 Å². The molecule has 2 amide bonds. The zero-order valence-electron chi connectivity index (χ0n) is 23.8. The summed E-state index contributed by atoms with van der Waals surface area (Å²) in [7, 11) is -4.20. The predicted octanol–water partition coefficient (Wildman–Crippen LogP) is 6.79. The molecule has 1 atom stereocenters. The highest BCUT2D eigenvalue weighted by Crippen LogP contribution is 2.28. The molecule has 1 N–H and O–H groups in total. The van der Waals surface area contributed by atoms with Crippen LogP contribution in [0.4, 0.5) is 5.69 Å². The van der Waals surface area contributed by atoms with Crippen LogP contribution in [0.5, 0.6) is 0 Å². The summed E-state index contributed by atoms with van der Waals surface area (Å²) in [6.07, 6.45) is 0. The first-order valence-electron chi connectivity index (χ1n) is 12.9. The highest BCUT2D eigenvalue weighted by molar-refractivity contribution is 7.92. The van der Waals surface area contributed by atoms with Crippen molar-refractivity contribution in [3.63, 3.8) is 0 Å². The number of nitrogens with one attached hydrogen (secondary N) is 1. The standard InChI is InChI=1S/C30H34Cl3N3O4S/c1-19-7-11-24(15-20(19)2)36(41(39,40)25-12-9-23(31)10-13-25)18-28(37)35(21(3)29(38)34-30(4,5)6)17-22-8-14-26(32)27(33)16-22/h7-16,21H,17-18H2,1-6H3,(H,34,38). The van der Waals surface area contributed by atoms with Gasteiger partial charge >= 0.3 is 0 Å². The summed E-state index contributed by atoms with van der Waals surface area (Å²) >= 11 is 18.3. The van der Waals surface area contributed by atoms with Crippen LogP contribution in [0.15, 0.2) is 65.6 Å². The summed E-state index contributed by atoms with van der Waals surface area (Å²) in [6.45, 7) is 10.3. The molecular formula is C30H34Cl3N3O4S. The number of hydrogen-bond donors (Lipinski definition) is 1. The molecule has 0 spiro atoms. The first-order valence-corrected chi connectivity index (χ1v) is 15.5. The van der Waals surface area contributed by atoms with Gasteiger partial charge in [-0.2, -0.15) is 0 Å². The van der Waals surface area contributed by atoms with Crippen LogP contribution >= 0.6 is 34.8 Å². The van der Waals surface area contributed by atoms with E-state index in [-0.39, 0.29) is 17.3 Å². The Labute approximate surface area is 257 Å². The van der Waals surface area contributed by atoms with Gasteiger partial charge in [0.2, 0.25) is 11.8 Å². The number of anilines is 1. The van der Waals surface area contributed by atoms with E-state index in [0.717, 1.165) is 15.4 Å². The topological polar surface area (TPSA) is 86.8 Å². The van der Waals surface area contributed by atoms with Crippen LogP contribution in [-0.2, 0) is 26.2 Å². The van der Waals surface area contributed by atoms with Crippen molar-refractivity contribution in [1.29, 1.82) is 0 Å². The maximum absolute atomic E-state index is 14.0. The average molecular weight is 639 g/mol. The molecule has 11 heteroatoms. The summed E-state index contributed by atoms with van der Waals surface area (Å²) in [5.41, 5.74) is 2.22. The molecule has 220 valence electrons. The van der Waals surface area contributed by atoms with Crippen LogP contribution in [0.3, 0.4) is 0 Å². The van der Waals surface area contributed by atoms with Crippen LogP contribution in [-0.4, -0.2) is 43.3 Å². The summed E-state index contributed by atoms with van der Waals surface area (Å²) in [5.74, 6) is -0.965. The number of carbonyl (C=O) groups excluding carboxylic acids is 2. The van der Waals surface area contributed by atoms with E-state index in [1.165, 1.54) is 29.2 Å². The van der Waals surface area contributed by atoms with E-state index < -0.39 is 34.1 Å². The maximum atomic E-state index is 14.0. The number of amides is 2. The first kappa shape index (κ1) is 32.7. The van der Waals surface area contributed by atoms with Crippen LogP contribution in [0.25, 0.3) is 0 Å². The minimum Gasteiger partial charge on any atom is -0.350 e. The van der Waals surface area contributed by atoms with E-state index >= 15 is 0 Å². The van der Waals surface area contributed by atoms with Gasteiger partial charge in [0.25, 0.3) is 10.0 Å². The molecule has 0 aliphatic carbocycles. The Morgan fingerprint density at radius 1 is 0.878 bits per heavy atom. The number of hydrogen-bond acceptors (Lipinski definition) is 4. The van der Waals surface area contributed by atoms with E-state index in [9.17, 15) is 18.0 Å². The largest absolute Gasteiger partial charge is 0.350 e. The number of halogens is 3. The molecule has 41 heavy (non-hydrogen) atoms. The molecule has 0 radical (unpaired) electrons.